The lowest BCUT2D eigenvalue weighted by atomic mass is 10.1. The minimum atomic E-state index is 0.746. The van der Waals surface area contributed by atoms with Gasteiger partial charge >= 0.3 is 0 Å². The van der Waals surface area contributed by atoms with Crippen LogP contribution in [0.2, 0.25) is 0 Å². The molecule has 0 saturated carbocycles. The number of nitrogens with one attached hydrogen (secondary N) is 2. The van der Waals surface area contributed by atoms with Gasteiger partial charge in [0.05, 0.1) is 0 Å². The molecule has 0 aromatic heterocycles. The highest BCUT2D eigenvalue weighted by molar-refractivity contribution is 4.74. The SMILES string of the molecule is CCCCCC[C@H]1CNCCN1. The van der Waals surface area contributed by atoms with Gasteiger partial charge in [0.15, 0.2) is 0 Å². The van der Waals surface area contributed by atoms with E-state index in [1.807, 2.05) is 0 Å². The van der Waals surface area contributed by atoms with Crippen molar-refractivity contribution in [3.05, 3.63) is 0 Å². The summed E-state index contributed by atoms with van der Waals surface area (Å²) in [6.07, 6.45) is 6.91. The van der Waals surface area contributed by atoms with Crippen LogP contribution in [0.1, 0.15) is 39.0 Å². The van der Waals surface area contributed by atoms with Crippen LogP contribution in [0.4, 0.5) is 0 Å². The second-order valence-corrected chi connectivity index (χ2v) is 3.70. The average molecular weight is 170 g/mol. The molecule has 1 rings (SSSR count). The molecule has 1 aliphatic rings. The Kier molecular flexibility index (Phi) is 5.37. The first-order valence-corrected chi connectivity index (χ1v) is 5.37. The van der Waals surface area contributed by atoms with Gasteiger partial charge in [0.25, 0.3) is 0 Å². The molecule has 1 saturated heterocycles. The van der Waals surface area contributed by atoms with Gasteiger partial charge < -0.3 is 10.6 Å². The van der Waals surface area contributed by atoms with Crippen molar-refractivity contribution in [2.45, 2.75) is 45.1 Å². The van der Waals surface area contributed by atoms with Gasteiger partial charge in [0.1, 0.15) is 0 Å². The van der Waals surface area contributed by atoms with Gasteiger partial charge in [0, 0.05) is 25.7 Å². The molecule has 2 N–H and O–H groups in total. The van der Waals surface area contributed by atoms with Crippen LogP contribution in [0.25, 0.3) is 0 Å². The van der Waals surface area contributed by atoms with Gasteiger partial charge in [-0.2, -0.15) is 0 Å². The number of piperazine rings is 1. The van der Waals surface area contributed by atoms with E-state index in [4.69, 9.17) is 0 Å². The highest BCUT2D eigenvalue weighted by atomic mass is 15.0. The molecule has 2 heteroatoms. The Morgan fingerprint density at radius 1 is 1.17 bits per heavy atom. The zero-order chi connectivity index (χ0) is 8.65. The van der Waals surface area contributed by atoms with E-state index in [0.29, 0.717) is 0 Å². The topological polar surface area (TPSA) is 24.1 Å². The molecule has 0 amide bonds. The maximum atomic E-state index is 3.53. The number of unbranched alkanes of at least 4 members (excludes halogenated alkanes) is 3. The molecular formula is C10H22N2. The lowest BCUT2D eigenvalue weighted by Crippen LogP contribution is -2.48. The fourth-order valence-electron chi connectivity index (χ4n) is 1.73. The molecule has 1 atom stereocenters. The van der Waals surface area contributed by atoms with E-state index in [9.17, 15) is 0 Å². The summed E-state index contributed by atoms with van der Waals surface area (Å²) < 4.78 is 0. The summed E-state index contributed by atoms with van der Waals surface area (Å²) in [5.74, 6) is 0. The monoisotopic (exact) mass is 170 g/mol. The third kappa shape index (κ3) is 4.07. The Morgan fingerprint density at radius 2 is 2.08 bits per heavy atom. The molecule has 2 nitrogen and oxygen atoms in total. The summed E-state index contributed by atoms with van der Waals surface area (Å²) in [6.45, 7) is 5.73. The van der Waals surface area contributed by atoms with Gasteiger partial charge in [-0.05, 0) is 6.42 Å². The minimum absolute atomic E-state index is 0.746. The smallest absolute Gasteiger partial charge is 0.0193 e. The van der Waals surface area contributed by atoms with E-state index in [2.05, 4.69) is 17.6 Å². The minimum Gasteiger partial charge on any atom is -0.314 e. The Morgan fingerprint density at radius 3 is 2.75 bits per heavy atom. The number of hydrogen-bond donors (Lipinski definition) is 2. The Balaban J connectivity index is 1.91. The first-order valence-electron chi connectivity index (χ1n) is 5.37. The Hall–Kier alpha value is -0.0800. The lowest BCUT2D eigenvalue weighted by Gasteiger charge is -2.24. The van der Waals surface area contributed by atoms with Gasteiger partial charge in [-0.25, -0.2) is 0 Å². The molecule has 0 unspecified atom stereocenters. The third-order valence-corrected chi connectivity index (χ3v) is 2.53. The van der Waals surface area contributed by atoms with Gasteiger partial charge in [-0.15, -0.1) is 0 Å². The van der Waals surface area contributed by atoms with E-state index in [-0.39, 0.29) is 0 Å². The quantitative estimate of drug-likeness (QED) is 0.611. The van der Waals surface area contributed by atoms with E-state index in [0.717, 1.165) is 19.1 Å². The van der Waals surface area contributed by atoms with E-state index >= 15 is 0 Å². The Bertz CT molecular complexity index is 98.0. The predicted molar refractivity (Wildman–Crippen MR) is 53.4 cm³/mol. The zero-order valence-corrected chi connectivity index (χ0v) is 8.23. The molecule has 0 aliphatic carbocycles. The van der Waals surface area contributed by atoms with E-state index in [1.165, 1.54) is 38.6 Å². The van der Waals surface area contributed by atoms with Crippen LogP contribution in [-0.4, -0.2) is 25.7 Å². The fourth-order valence-corrected chi connectivity index (χ4v) is 1.73. The van der Waals surface area contributed by atoms with Gasteiger partial charge in [0.2, 0.25) is 0 Å². The van der Waals surface area contributed by atoms with Crippen molar-refractivity contribution in [3.63, 3.8) is 0 Å². The van der Waals surface area contributed by atoms with Crippen LogP contribution in [0.5, 0.6) is 0 Å². The molecule has 12 heavy (non-hydrogen) atoms. The molecule has 72 valence electrons. The van der Waals surface area contributed by atoms with Crippen molar-refractivity contribution in [1.82, 2.24) is 10.6 Å². The van der Waals surface area contributed by atoms with Crippen LogP contribution in [0.3, 0.4) is 0 Å². The van der Waals surface area contributed by atoms with Crippen molar-refractivity contribution in [2.24, 2.45) is 0 Å². The lowest BCUT2D eigenvalue weighted by molar-refractivity contribution is 0.387. The first kappa shape index (κ1) is 10.0. The van der Waals surface area contributed by atoms with Crippen molar-refractivity contribution in [3.8, 4) is 0 Å². The second-order valence-electron chi connectivity index (χ2n) is 3.70. The van der Waals surface area contributed by atoms with Crippen molar-refractivity contribution < 1.29 is 0 Å². The highest BCUT2D eigenvalue weighted by Gasteiger charge is 2.10. The van der Waals surface area contributed by atoms with Crippen LogP contribution in [0, 0.1) is 0 Å². The normalized spacial score (nSPS) is 24.2. The molecule has 0 spiro atoms. The molecule has 0 radical (unpaired) electrons. The van der Waals surface area contributed by atoms with E-state index < -0.39 is 0 Å². The fraction of sp³-hybridized carbons (Fsp3) is 1.00. The molecule has 0 aromatic rings. The van der Waals surface area contributed by atoms with Crippen LogP contribution < -0.4 is 10.6 Å². The van der Waals surface area contributed by atoms with Crippen molar-refractivity contribution in [1.29, 1.82) is 0 Å². The standard InChI is InChI=1S/C10H22N2/c1-2-3-4-5-6-10-9-11-7-8-12-10/h10-12H,2-9H2,1H3/t10-/m0/s1. The first-order chi connectivity index (χ1) is 5.93. The van der Waals surface area contributed by atoms with Gasteiger partial charge in [-0.1, -0.05) is 32.6 Å². The number of rotatable bonds is 5. The van der Waals surface area contributed by atoms with Crippen molar-refractivity contribution >= 4 is 0 Å². The maximum absolute atomic E-state index is 3.53. The van der Waals surface area contributed by atoms with Crippen molar-refractivity contribution in [2.75, 3.05) is 19.6 Å². The summed E-state index contributed by atoms with van der Waals surface area (Å²) in [4.78, 5) is 0. The predicted octanol–water partition coefficient (Wildman–Crippen LogP) is 1.52. The average Bonchev–Trinajstić information content (AvgIpc) is 2.14. The zero-order valence-electron chi connectivity index (χ0n) is 8.23. The summed E-state index contributed by atoms with van der Waals surface area (Å²) in [5.41, 5.74) is 0. The highest BCUT2D eigenvalue weighted by Crippen LogP contribution is 2.05. The Labute approximate surface area is 76.1 Å². The largest absolute Gasteiger partial charge is 0.314 e. The van der Waals surface area contributed by atoms with Crippen LogP contribution in [0.15, 0.2) is 0 Å². The second kappa shape index (κ2) is 6.44. The maximum Gasteiger partial charge on any atom is 0.0193 e. The molecule has 1 aliphatic heterocycles. The molecule has 1 heterocycles. The molecule has 1 fully saturated rings. The van der Waals surface area contributed by atoms with Gasteiger partial charge in [-0.3, -0.25) is 0 Å². The van der Waals surface area contributed by atoms with Crippen LogP contribution in [-0.2, 0) is 0 Å². The summed E-state index contributed by atoms with van der Waals surface area (Å²) in [6, 6.07) is 0.746. The molecular weight excluding hydrogens is 148 g/mol. The third-order valence-electron chi connectivity index (χ3n) is 2.53. The van der Waals surface area contributed by atoms with E-state index in [1.54, 1.807) is 0 Å². The summed E-state index contributed by atoms with van der Waals surface area (Å²) in [5, 5.41) is 6.95. The number of hydrogen-bond acceptors (Lipinski definition) is 2. The molecule has 0 aromatic carbocycles. The molecule has 0 bridgehead atoms. The summed E-state index contributed by atoms with van der Waals surface area (Å²) in [7, 11) is 0. The van der Waals surface area contributed by atoms with Crippen LogP contribution >= 0.6 is 0 Å². The summed E-state index contributed by atoms with van der Waals surface area (Å²) >= 11 is 0.